The number of carbonyl (C=O) groups excluding carboxylic acids is 1. The number of hydrogen-bond acceptors (Lipinski definition) is 4. The molecule has 144 valence electrons. The zero-order valence-corrected chi connectivity index (χ0v) is 16.5. The van der Waals surface area contributed by atoms with Crippen LogP contribution in [0.3, 0.4) is 0 Å². The van der Waals surface area contributed by atoms with Crippen molar-refractivity contribution in [3.05, 3.63) is 53.6 Å². The van der Waals surface area contributed by atoms with Gasteiger partial charge in [0.1, 0.15) is 5.75 Å². The Bertz CT molecular complexity index is 768. The first kappa shape index (κ1) is 19.2. The third-order valence-electron chi connectivity index (χ3n) is 4.98. The molecule has 1 amide bonds. The Balaban J connectivity index is 1.53. The van der Waals surface area contributed by atoms with Crippen LogP contribution in [0.2, 0.25) is 0 Å². The number of nitrogens with zero attached hydrogens (tertiary/aromatic N) is 2. The molecule has 3 rings (SSSR count). The van der Waals surface area contributed by atoms with E-state index in [0.717, 1.165) is 35.7 Å². The minimum absolute atomic E-state index is 0.00281. The van der Waals surface area contributed by atoms with Gasteiger partial charge < -0.3 is 15.0 Å². The lowest BCUT2D eigenvalue weighted by atomic mass is 10.1. The van der Waals surface area contributed by atoms with Crippen LogP contribution >= 0.6 is 0 Å². The van der Waals surface area contributed by atoms with Crippen LogP contribution in [0.1, 0.15) is 24.0 Å². The molecule has 1 aliphatic rings. The fraction of sp³-hybridized carbons (Fsp3) is 0.409. The Labute approximate surface area is 161 Å². The van der Waals surface area contributed by atoms with E-state index >= 15 is 0 Å². The molecule has 2 aromatic rings. The number of carbonyl (C=O) groups is 1. The van der Waals surface area contributed by atoms with Crippen molar-refractivity contribution < 1.29 is 9.53 Å². The number of anilines is 2. The van der Waals surface area contributed by atoms with E-state index in [1.807, 2.05) is 42.3 Å². The molecule has 2 aromatic carbocycles. The number of nitrogens with one attached hydrogen (secondary N) is 1. The van der Waals surface area contributed by atoms with Crippen LogP contribution in [0.4, 0.5) is 11.4 Å². The van der Waals surface area contributed by atoms with Crippen LogP contribution < -0.4 is 15.0 Å². The van der Waals surface area contributed by atoms with E-state index < -0.39 is 0 Å². The number of amides is 1. The molecule has 1 heterocycles. The van der Waals surface area contributed by atoms with E-state index in [-0.39, 0.29) is 5.91 Å². The Hall–Kier alpha value is -2.53. The molecule has 27 heavy (non-hydrogen) atoms. The van der Waals surface area contributed by atoms with E-state index in [4.69, 9.17) is 4.74 Å². The number of ether oxygens (including phenoxy) is 1. The summed E-state index contributed by atoms with van der Waals surface area (Å²) < 4.78 is 5.18. The van der Waals surface area contributed by atoms with Gasteiger partial charge in [0.25, 0.3) is 0 Å². The van der Waals surface area contributed by atoms with Gasteiger partial charge in [0.15, 0.2) is 0 Å². The monoisotopic (exact) mass is 367 g/mol. The van der Waals surface area contributed by atoms with Crippen molar-refractivity contribution in [2.24, 2.45) is 0 Å². The molecule has 0 bridgehead atoms. The van der Waals surface area contributed by atoms with Crippen molar-refractivity contribution in [3.8, 4) is 5.75 Å². The standard InChI is InChI=1S/C22H29N3O2/c1-17-14-19(25-12-4-5-13-25)8-11-21(17)23-22(26)16-24(2)15-18-6-9-20(27-3)10-7-18/h6-11,14H,4-5,12-13,15-16H2,1-3H3,(H,23,26). The lowest BCUT2D eigenvalue weighted by Gasteiger charge is -2.20. The van der Waals surface area contributed by atoms with E-state index in [2.05, 4.69) is 29.3 Å². The molecule has 1 saturated heterocycles. The second kappa shape index (κ2) is 8.91. The van der Waals surface area contributed by atoms with Crippen molar-refractivity contribution in [2.45, 2.75) is 26.3 Å². The average Bonchev–Trinajstić information content (AvgIpc) is 3.18. The van der Waals surface area contributed by atoms with Crippen molar-refractivity contribution in [2.75, 3.05) is 44.0 Å². The molecule has 1 fully saturated rings. The van der Waals surface area contributed by atoms with Gasteiger partial charge in [-0.25, -0.2) is 0 Å². The first-order valence-corrected chi connectivity index (χ1v) is 9.52. The van der Waals surface area contributed by atoms with E-state index in [1.165, 1.54) is 18.5 Å². The highest BCUT2D eigenvalue weighted by Gasteiger charge is 2.14. The van der Waals surface area contributed by atoms with Crippen LogP contribution in [0.5, 0.6) is 5.75 Å². The predicted molar refractivity (Wildman–Crippen MR) is 111 cm³/mol. The second-order valence-corrected chi connectivity index (χ2v) is 7.26. The van der Waals surface area contributed by atoms with Gasteiger partial charge >= 0.3 is 0 Å². The van der Waals surface area contributed by atoms with E-state index in [9.17, 15) is 4.79 Å². The highest BCUT2D eigenvalue weighted by Crippen LogP contribution is 2.25. The molecular weight excluding hydrogens is 338 g/mol. The maximum Gasteiger partial charge on any atom is 0.238 e. The van der Waals surface area contributed by atoms with E-state index in [0.29, 0.717) is 13.1 Å². The quantitative estimate of drug-likeness (QED) is 0.811. The summed E-state index contributed by atoms with van der Waals surface area (Å²) in [5.41, 5.74) is 4.39. The van der Waals surface area contributed by atoms with Crippen LogP contribution in [0.25, 0.3) is 0 Å². The molecule has 1 aliphatic heterocycles. The van der Waals surface area contributed by atoms with Gasteiger partial charge in [-0.05, 0) is 68.3 Å². The summed E-state index contributed by atoms with van der Waals surface area (Å²) in [6, 6.07) is 14.2. The van der Waals surface area contributed by atoms with Gasteiger partial charge in [0.05, 0.1) is 13.7 Å². The number of aryl methyl sites for hydroxylation is 1. The van der Waals surface area contributed by atoms with Crippen LogP contribution in [0.15, 0.2) is 42.5 Å². The van der Waals surface area contributed by atoms with Crippen molar-refractivity contribution >= 4 is 17.3 Å². The largest absolute Gasteiger partial charge is 0.497 e. The Kier molecular flexibility index (Phi) is 6.35. The van der Waals surface area contributed by atoms with E-state index in [1.54, 1.807) is 7.11 Å². The average molecular weight is 367 g/mol. The number of likely N-dealkylation sites (N-methyl/N-ethyl adjacent to an activating group) is 1. The fourth-order valence-electron chi connectivity index (χ4n) is 3.49. The highest BCUT2D eigenvalue weighted by molar-refractivity contribution is 5.93. The molecule has 0 aliphatic carbocycles. The van der Waals surface area contributed by atoms with Gasteiger partial charge in [-0.2, -0.15) is 0 Å². The third-order valence-corrected chi connectivity index (χ3v) is 4.98. The predicted octanol–water partition coefficient (Wildman–Crippen LogP) is 3.67. The molecule has 1 N–H and O–H groups in total. The number of methoxy groups -OCH3 is 1. The Morgan fingerprint density at radius 1 is 1.15 bits per heavy atom. The molecule has 0 radical (unpaired) electrons. The molecule has 0 aromatic heterocycles. The van der Waals surface area contributed by atoms with Crippen LogP contribution in [-0.2, 0) is 11.3 Å². The first-order valence-electron chi connectivity index (χ1n) is 9.52. The number of hydrogen-bond donors (Lipinski definition) is 1. The van der Waals surface area contributed by atoms with Crippen LogP contribution in [0, 0.1) is 6.92 Å². The topological polar surface area (TPSA) is 44.8 Å². The van der Waals surface area contributed by atoms with Crippen molar-refractivity contribution in [1.82, 2.24) is 4.90 Å². The minimum Gasteiger partial charge on any atom is -0.497 e. The smallest absolute Gasteiger partial charge is 0.238 e. The van der Waals surface area contributed by atoms with Crippen LogP contribution in [-0.4, -0.2) is 44.6 Å². The molecule has 0 saturated carbocycles. The molecule has 0 unspecified atom stereocenters. The summed E-state index contributed by atoms with van der Waals surface area (Å²) in [6.07, 6.45) is 2.52. The zero-order valence-electron chi connectivity index (χ0n) is 16.5. The van der Waals surface area contributed by atoms with Gasteiger partial charge in [-0.15, -0.1) is 0 Å². The Morgan fingerprint density at radius 2 is 1.85 bits per heavy atom. The third kappa shape index (κ3) is 5.23. The minimum atomic E-state index is 0.00281. The maximum absolute atomic E-state index is 12.4. The summed E-state index contributed by atoms with van der Waals surface area (Å²) in [5.74, 6) is 0.843. The van der Waals surface area contributed by atoms with Gasteiger partial charge in [-0.3, -0.25) is 9.69 Å². The summed E-state index contributed by atoms with van der Waals surface area (Å²) in [7, 11) is 3.61. The molecule has 5 nitrogen and oxygen atoms in total. The maximum atomic E-state index is 12.4. The summed E-state index contributed by atoms with van der Waals surface area (Å²) in [4.78, 5) is 16.8. The van der Waals surface area contributed by atoms with Crippen molar-refractivity contribution in [1.29, 1.82) is 0 Å². The molecule has 0 spiro atoms. The van der Waals surface area contributed by atoms with Gasteiger partial charge in [0.2, 0.25) is 5.91 Å². The zero-order chi connectivity index (χ0) is 19.2. The molecule has 5 heteroatoms. The van der Waals surface area contributed by atoms with Gasteiger partial charge in [-0.1, -0.05) is 12.1 Å². The van der Waals surface area contributed by atoms with Crippen molar-refractivity contribution in [3.63, 3.8) is 0 Å². The second-order valence-electron chi connectivity index (χ2n) is 7.26. The summed E-state index contributed by atoms with van der Waals surface area (Å²) in [5, 5.41) is 3.04. The molecular formula is C22H29N3O2. The Morgan fingerprint density at radius 3 is 2.48 bits per heavy atom. The normalized spacial score (nSPS) is 13.9. The SMILES string of the molecule is COc1ccc(CN(C)CC(=O)Nc2ccc(N3CCCC3)cc2C)cc1. The first-order chi connectivity index (χ1) is 13.0. The highest BCUT2D eigenvalue weighted by atomic mass is 16.5. The lowest BCUT2D eigenvalue weighted by molar-refractivity contribution is -0.117. The fourth-order valence-corrected chi connectivity index (χ4v) is 3.49. The molecule has 0 atom stereocenters. The lowest BCUT2D eigenvalue weighted by Crippen LogP contribution is -2.30. The number of rotatable bonds is 7. The van der Waals surface area contributed by atoms with Gasteiger partial charge in [0, 0.05) is 31.0 Å². The number of benzene rings is 2. The summed E-state index contributed by atoms with van der Waals surface area (Å²) >= 11 is 0. The summed E-state index contributed by atoms with van der Waals surface area (Å²) in [6.45, 7) is 5.36.